The lowest BCUT2D eigenvalue weighted by Gasteiger charge is -2.28. The van der Waals surface area contributed by atoms with E-state index in [0.717, 1.165) is 11.8 Å². The third kappa shape index (κ3) is 4.97. The van der Waals surface area contributed by atoms with Crippen LogP contribution in [0.3, 0.4) is 0 Å². The SMILES string of the molecule is C=CC=CCC1CCC(c2ccc(-c3ccc(CCC)cc3)cc2)CC1. The Morgan fingerprint density at radius 1 is 0.885 bits per heavy atom. The van der Waals surface area contributed by atoms with Crippen LogP contribution >= 0.6 is 0 Å². The van der Waals surface area contributed by atoms with Gasteiger partial charge in [0.15, 0.2) is 0 Å². The minimum Gasteiger partial charge on any atom is -0.0991 e. The molecule has 3 rings (SSSR count). The summed E-state index contributed by atoms with van der Waals surface area (Å²) in [5.74, 6) is 1.61. The van der Waals surface area contributed by atoms with Gasteiger partial charge in [0.1, 0.15) is 0 Å². The first-order valence-electron chi connectivity index (χ1n) is 10.3. The second-order valence-electron chi connectivity index (χ2n) is 7.69. The van der Waals surface area contributed by atoms with Crippen LogP contribution in [0.5, 0.6) is 0 Å². The molecule has 1 aliphatic rings. The topological polar surface area (TPSA) is 0 Å². The van der Waals surface area contributed by atoms with Crippen LogP contribution in [0.25, 0.3) is 11.1 Å². The zero-order valence-electron chi connectivity index (χ0n) is 16.2. The second-order valence-corrected chi connectivity index (χ2v) is 7.69. The third-order valence-corrected chi connectivity index (χ3v) is 5.80. The van der Waals surface area contributed by atoms with Crippen molar-refractivity contribution in [3.63, 3.8) is 0 Å². The van der Waals surface area contributed by atoms with E-state index in [1.165, 1.54) is 67.2 Å². The molecule has 0 spiro atoms. The Morgan fingerprint density at radius 3 is 2.08 bits per heavy atom. The van der Waals surface area contributed by atoms with Gasteiger partial charge in [-0.15, -0.1) is 0 Å². The highest BCUT2D eigenvalue weighted by atomic mass is 14.3. The number of benzene rings is 2. The molecule has 0 nitrogen and oxygen atoms in total. The van der Waals surface area contributed by atoms with Gasteiger partial charge in [-0.2, -0.15) is 0 Å². The monoisotopic (exact) mass is 344 g/mol. The summed E-state index contributed by atoms with van der Waals surface area (Å²) in [7, 11) is 0. The van der Waals surface area contributed by atoms with Gasteiger partial charge in [-0.05, 0) is 72.6 Å². The first-order valence-corrected chi connectivity index (χ1v) is 10.3. The molecule has 26 heavy (non-hydrogen) atoms. The number of aryl methyl sites for hydroxylation is 1. The van der Waals surface area contributed by atoms with E-state index in [1.54, 1.807) is 0 Å². The van der Waals surface area contributed by atoms with Gasteiger partial charge in [0, 0.05) is 0 Å². The van der Waals surface area contributed by atoms with E-state index < -0.39 is 0 Å². The summed E-state index contributed by atoms with van der Waals surface area (Å²) < 4.78 is 0. The Bertz CT molecular complexity index is 695. The van der Waals surface area contributed by atoms with E-state index in [-0.39, 0.29) is 0 Å². The molecule has 0 atom stereocenters. The molecule has 0 aromatic heterocycles. The van der Waals surface area contributed by atoms with Crippen molar-refractivity contribution in [2.24, 2.45) is 5.92 Å². The molecule has 0 N–H and O–H groups in total. The molecule has 136 valence electrons. The summed E-state index contributed by atoms with van der Waals surface area (Å²) in [6.45, 7) is 5.98. The van der Waals surface area contributed by atoms with Gasteiger partial charge in [-0.3, -0.25) is 0 Å². The fourth-order valence-electron chi connectivity index (χ4n) is 4.20. The van der Waals surface area contributed by atoms with E-state index in [2.05, 4.69) is 74.2 Å². The van der Waals surface area contributed by atoms with Crippen LogP contribution in [0.2, 0.25) is 0 Å². The van der Waals surface area contributed by atoms with Crippen molar-refractivity contribution < 1.29 is 0 Å². The predicted octanol–water partition coefficient (Wildman–Crippen LogP) is 7.71. The summed E-state index contributed by atoms with van der Waals surface area (Å²) in [6.07, 6.45) is 15.2. The Hall–Kier alpha value is -2.08. The smallest absolute Gasteiger partial charge is 0.0162 e. The first kappa shape index (κ1) is 18.7. The van der Waals surface area contributed by atoms with Gasteiger partial charge in [0.25, 0.3) is 0 Å². The minimum atomic E-state index is 0.746. The maximum Gasteiger partial charge on any atom is -0.0162 e. The highest BCUT2D eigenvalue weighted by Crippen LogP contribution is 2.37. The molecule has 1 saturated carbocycles. The zero-order valence-corrected chi connectivity index (χ0v) is 16.2. The normalized spacial score (nSPS) is 20.3. The van der Waals surface area contributed by atoms with E-state index in [1.807, 2.05) is 6.08 Å². The second kappa shape index (κ2) is 9.57. The summed E-state index contributed by atoms with van der Waals surface area (Å²) in [5.41, 5.74) is 5.62. The molecule has 0 heteroatoms. The van der Waals surface area contributed by atoms with E-state index >= 15 is 0 Å². The highest BCUT2D eigenvalue weighted by molar-refractivity contribution is 5.64. The summed E-state index contributed by atoms with van der Waals surface area (Å²) in [4.78, 5) is 0. The van der Waals surface area contributed by atoms with Crippen molar-refractivity contribution in [1.82, 2.24) is 0 Å². The van der Waals surface area contributed by atoms with Gasteiger partial charge in [-0.25, -0.2) is 0 Å². The summed E-state index contributed by atoms with van der Waals surface area (Å²) >= 11 is 0. The Kier molecular flexibility index (Phi) is 6.89. The van der Waals surface area contributed by atoms with Crippen molar-refractivity contribution in [3.05, 3.63) is 84.5 Å². The maximum atomic E-state index is 3.75. The van der Waals surface area contributed by atoms with Crippen molar-refractivity contribution in [3.8, 4) is 11.1 Å². The quantitative estimate of drug-likeness (QED) is 0.451. The molecule has 1 fully saturated rings. The lowest BCUT2D eigenvalue weighted by Crippen LogP contribution is -2.12. The molecular formula is C26H32. The summed E-state index contributed by atoms with van der Waals surface area (Å²) in [5, 5.41) is 0. The number of rotatable bonds is 7. The molecule has 0 heterocycles. The largest absolute Gasteiger partial charge is 0.0991 e. The summed E-state index contributed by atoms with van der Waals surface area (Å²) in [6, 6.07) is 18.4. The maximum absolute atomic E-state index is 3.75. The fourth-order valence-corrected chi connectivity index (χ4v) is 4.20. The van der Waals surface area contributed by atoms with Gasteiger partial charge in [0.05, 0.1) is 0 Å². The molecule has 0 aliphatic heterocycles. The molecule has 0 unspecified atom stereocenters. The lowest BCUT2D eigenvalue weighted by atomic mass is 9.77. The van der Waals surface area contributed by atoms with Crippen molar-refractivity contribution in [2.75, 3.05) is 0 Å². The molecule has 1 aliphatic carbocycles. The average Bonchev–Trinajstić information content (AvgIpc) is 2.70. The molecule has 0 radical (unpaired) electrons. The van der Waals surface area contributed by atoms with Crippen LogP contribution in [0.1, 0.15) is 62.5 Å². The van der Waals surface area contributed by atoms with Gasteiger partial charge < -0.3 is 0 Å². The Balaban J connectivity index is 1.58. The van der Waals surface area contributed by atoms with E-state index in [4.69, 9.17) is 0 Å². The van der Waals surface area contributed by atoms with E-state index in [9.17, 15) is 0 Å². The molecule has 2 aromatic carbocycles. The highest BCUT2D eigenvalue weighted by Gasteiger charge is 2.21. The lowest BCUT2D eigenvalue weighted by molar-refractivity contribution is 0.328. The number of hydrogen-bond acceptors (Lipinski definition) is 0. The van der Waals surface area contributed by atoms with Gasteiger partial charge in [-0.1, -0.05) is 86.7 Å². The van der Waals surface area contributed by atoms with Crippen molar-refractivity contribution in [1.29, 1.82) is 0 Å². The number of allylic oxidation sites excluding steroid dienone is 3. The zero-order chi connectivity index (χ0) is 18.2. The van der Waals surface area contributed by atoms with Gasteiger partial charge in [0.2, 0.25) is 0 Å². The number of hydrogen-bond donors (Lipinski definition) is 0. The Labute approximate surface area is 159 Å². The fraction of sp³-hybridized carbons (Fsp3) is 0.385. The molecule has 0 amide bonds. The van der Waals surface area contributed by atoms with Crippen LogP contribution in [0.4, 0.5) is 0 Å². The average molecular weight is 345 g/mol. The molecule has 0 saturated heterocycles. The van der Waals surface area contributed by atoms with Crippen LogP contribution in [-0.4, -0.2) is 0 Å². The predicted molar refractivity (Wildman–Crippen MR) is 115 cm³/mol. The van der Waals surface area contributed by atoms with Gasteiger partial charge >= 0.3 is 0 Å². The van der Waals surface area contributed by atoms with Crippen molar-refractivity contribution in [2.45, 2.75) is 57.8 Å². The van der Waals surface area contributed by atoms with Crippen LogP contribution in [0.15, 0.2) is 73.3 Å². The third-order valence-electron chi connectivity index (χ3n) is 5.80. The van der Waals surface area contributed by atoms with Crippen LogP contribution in [0, 0.1) is 5.92 Å². The Morgan fingerprint density at radius 2 is 1.50 bits per heavy atom. The van der Waals surface area contributed by atoms with Crippen LogP contribution < -0.4 is 0 Å². The minimum absolute atomic E-state index is 0.746. The standard InChI is InChI=1S/C26H32/c1-3-5-6-8-22-11-15-24(16-12-22)26-19-17-25(18-20-26)23-13-9-21(7-4-2)10-14-23/h3,5-6,9-10,13-14,17-20,22,24H,1,4,7-8,11-12,15-16H2,2H3. The molecule has 2 aromatic rings. The molecular weight excluding hydrogens is 312 g/mol. The molecule has 0 bridgehead atoms. The first-order chi connectivity index (χ1) is 12.8. The van der Waals surface area contributed by atoms with E-state index in [0.29, 0.717) is 0 Å². The van der Waals surface area contributed by atoms with Crippen LogP contribution in [-0.2, 0) is 6.42 Å². The van der Waals surface area contributed by atoms with Crippen molar-refractivity contribution >= 4 is 0 Å².